The van der Waals surface area contributed by atoms with E-state index in [0.29, 0.717) is 6.61 Å². The molecule has 31 heavy (non-hydrogen) atoms. The monoisotopic (exact) mass is 439 g/mol. The Hall–Kier alpha value is -0.810. The number of rotatable bonds is 13. The van der Waals surface area contributed by atoms with Gasteiger partial charge in [0, 0.05) is 0 Å². The number of nitrogens with zero attached hydrogens (tertiary/aromatic N) is 1. The van der Waals surface area contributed by atoms with Crippen molar-refractivity contribution in [2.75, 3.05) is 6.61 Å². The maximum Gasteiger partial charge on any atom is 0.412 e. The molecule has 2 heterocycles. The van der Waals surface area contributed by atoms with E-state index < -0.39 is 11.3 Å². The van der Waals surface area contributed by atoms with Crippen LogP contribution in [0.1, 0.15) is 125 Å². The average molecular weight is 440 g/mol. The molecule has 2 saturated heterocycles. The summed E-state index contributed by atoms with van der Waals surface area (Å²) < 4.78 is 18.0. The minimum absolute atomic E-state index is 0.0461. The fourth-order valence-electron chi connectivity index (χ4n) is 4.93. The van der Waals surface area contributed by atoms with Crippen LogP contribution in [0.4, 0.5) is 4.79 Å². The smallest absolute Gasteiger partial charge is 0.412 e. The molecule has 2 aliphatic heterocycles. The first-order valence-corrected chi connectivity index (χ1v) is 13.0. The predicted octanol–water partition coefficient (Wildman–Crippen LogP) is 7.22. The molecule has 0 saturated carbocycles. The molecular weight excluding hydrogens is 390 g/mol. The first-order valence-electron chi connectivity index (χ1n) is 13.0. The number of unbranched alkanes of at least 4 members (excludes halogenated alkanes) is 11. The number of ether oxygens (including phenoxy) is 3. The minimum atomic E-state index is -0.657. The standard InChI is InChI=1S/C26H49NO4/c1-7-8-9-10-11-12-13-14-15-16-17-18-19-22-23-21(20-29-22)27(26(5,6)30-23)24(28)31-25(2,3)4/h21-23H,7-20H2,1-6H3/t21-,22+,23-/m0/s1. The van der Waals surface area contributed by atoms with Crippen molar-refractivity contribution >= 4 is 6.09 Å². The van der Waals surface area contributed by atoms with E-state index in [1.54, 1.807) is 4.90 Å². The number of hydrogen-bond acceptors (Lipinski definition) is 4. The molecule has 5 nitrogen and oxygen atoms in total. The van der Waals surface area contributed by atoms with Crippen molar-refractivity contribution in [3.63, 3.8) is 0 Å². The summed E-state index contributed by atoms with van der Waals surface area (Å²) in [6.45, 7) is 12.4. The third-order valence-electron chi connectivity index (χ3n) is 6.50. The molecule has 3 atom stereocenters. The molecule has 5 heteroatoms. The van der Waals surface area contributed by atoms with E-state index in [0.717, 1.165) is 6.42 Å². The van der Waals surface area contributed by atoms with Gasteiger partial charge in [-0.25, -0.2) is 4.79 Å². The molecule has 2 aliphatic rings. The number of amides is 1. The molecule has 0 unspecified atom stereocenters. The van der Waals surface area contributed by atoms with Gasteiger partial charge in [0.2, 0.25) is 0 Å². The van der Waals surface area contributed by atoms with Gasteiger partial charge in [0.05, 0.1) is 18.8 Å². The summed E-state index contributed by atoms with van der Waals surface area (Å²) in [7, 11) is 0. The van der Waals surface area contributed by atoms with Crippen molar-refractivity contribution in [1.82, 2.24) is 4.90 Å². The van der Waals surface area contributed by atoms with Crippen LogP contribution in [0, 0.1) is 0 Å². The SMILES string of the molecule is CCCCCCCCCCCCCC[C@H]1OC[C@H]2[C@@H]1OC(C)(C)N2C(=O)OC(C)(C)C. The molecule has 1 amide bonds. The second-order valence-electron chi connectivity index (χ2n) is 11.0. The predicted molar refractivity (Wildman–Crippen MR) is 126 cm³/mol. The lowest BCUT2D eigenvalue weighted by molar-refractivity contribution is -0.115. The van der Waals surface area contributed by atoms with Gasteiger partial charge in [-0.3, -0.25) is 4.90 Å². The van der Waals surface area contributed by atoms with Crippen molar-refractivity contribution in [3.8, 4) is 0 Å². The summed E-state index contributed by atoms with van der Waals surface area (Å²) in [5, 5.41) is 0. The van der Waals surface area contributed by atoms with Crippen LogP contribution in [-0.2, 0) is 14.2 Å². The second-order valence-corrected chi connectivity index (χ2v) is 11.0. The zero-order valence-corrected chi connectivity index (χ0v) is 21.2. The molecule has 0 N–H and O–H groups in total. The summed E-state index contributed by atoms with van der Waals surface area (Å²) in [5.41, 5.74) is -1.17. The van der Waals surface area contributed by atoms with Gasteiger partial charge in [-0.2, -0.15) is 0 Å². The van der Waals surface area contributed by atoms with Crippen LogP contribution in [-0.4, -0.2) is 47.2 Å². The van der Waals surface area contributed by atoms with Gasteiger partial charge in [-0.1, -0.05) is 84.0 Å². The molecule has 0 spiro atoms. The Labute approximate surface area is 191 Å². The van der Waals surface area contributed by atoms with Gasteiger partial charge in [-0.05, 0) is 41.0 Å². The van der Waals surface area contributed by atoms with E-state index >= 15 is 0 Å². The lowest BCUT2D eigenvalue weighted by Gasteiger charge is -2.34. The summed E-state index contributed by atoms with van der Waals surface area (Å²) >= 11 is 0. The Balaban J connectivity index is 1.61. The van der Waals surface area contributed by atoms with Crippen molar-refractivity contribution in [1.29, 1.82) is 0 Å². The maximum absolute atomic E-state index is 12.8. The molecule has 0 aromatic rings. The molecule has 2 fully saturated rings. The normalized spacial score (nSPS) is 25.1. The highest BCUT2D eigenvalue weighted by Crippen LogP contribution is 2.40. The highest BCUT2D eigenvalue weighted by atomic mass is 16.6. The lowest BCUT2D eigenvalue weighted by Crippen LogP contribution is -2.50. The Morgan fingerprint density at radius 1 is 0.935 bits per heavy atom. The van der Waals surface area contributed by atoms with Gasteiger partial charge in [0.15, 0.2) is 0 Å². The first kappa shape index (κ1) is 26.4. The van der Waals surface area contributed by atoms with Crippen molar-refractivity contribution in [3.05, 3.63) is 0 Å². The van der Waals surface area contributed by atoms with Crippen molar-refractivity contribution in [2.45, 2.75) is 155 Å². The largest absolute Gasteiger partial charge is 0.444 e. The van der Waals surface area contributed by atoms with Gasteiger partial charge in [0.25, 0.3) is 0 Å². The molecule has 0 radical (unpaired) electrons. The lowest BCUT2D eigenvalue weighted by atomic mass is 10.0. The number of fused-ring (bicyclic) bond motifs is 1. The van der Waals surface area contributed by atoms with Gasteiger partial charge < -0.3 is 14.2 Å². The number of carbonyl (C=O) groups is 1. The van der Waals surface area contributed by atoms with Crippen molar-refractivity contribution in [2.24, 2.45) is 0 Å². The number of hydrogen-bond donors (Lipinski definition) is 0. The summed E-state index contributed by atoms with van der Waals surface area (Å²) in [6, 6.07) is -0.0489. The van der Waals surface area contributed by atoms with Crippen LogP contribution in [0.5, 0.6) is 0 Å². The second kappa shape index (κ2) is 12.4. The summed E-state index contributed by atoms with van der Waals surface area (Å²) in [6.07, 6.45) is 17.0. The highest BCUT2D eigenvalue weighted by Gasteiger charge is 2.56. The van der Waals surface area contributed by atoms with Crippen LogP contribution in [0.15, 0.2) is 0 Å². The summed E-state index contributed by atoms with van der Waals surface area (Å²) in [5.74, 6) is 0. The van der Waals surface area contributed by atoms with Crippen LogP contribution in [0.25, 0.3) is 0 Å². The van der Waals surface area contributed by atoms with Crippen LogP contribution < -0.4 is 0 Å². The quantitative estimate of drug-likeness (QED) is 0.284. The third-order valence-corrected chi connectivity index (χ3v) is 6.50. The van der Waals surface area contributed by atoms with E-state index in [2.05, 4.69) is 6.92 Å². The molecular formula is C26H49NO4. The van der Waals surface area contributed by atoms with Crippen molar-refractivity contribution < 1.29 is 19.0 Å². The molecule has 2 rings (SSSR count). The Bertz CT molecular complexity index is 528. The fourth-order valence-corrected chi connectivity index (χ4v) is 4.93. The zero-order valence-electron chi connectivity index (χ0n) is 21.2. The topological polar surface area (TPSA) is 48.0 Å². The third kappa shape index (κ3) is 8.57. The van der Waals surface area contributed by atoms with Gasteiger partial charge in [-0.15, -0.1) is 0 Å². The Morgan fingerprint density at radius 2 is 1.45 bits per heavy atom. The average Bonchev–Trinajstić information content (AvgIpc) is 3.15. The van der Waals surface area contributed by atoms with Gasteiger partial charge in [0.1, 0.15) is 17.4 Å². The van der Waals surface area contributed by atoms with E-state index in [4.69, 9.17) is 14.2 Å². The molecule has 0 aliphatic carbocycles. The molecule has 0 aromatic carbocycles. The van der Waals surface area contributed by atoms with Gasteiger partial charge >= 0.3 is 6.09 Å². The molecule has 182 valence electrons. The Kier molecular flexibility index (Phi) is 10.6. The van der Waals surface area contributed by atoms with E-state index in [1.165, 1.54) is 77.0 Å². The van der Waals surface area contributed by atoms with Crippen LogP contribution >= 0.6 is 0 Å². The van der Waals surface area contributed by atoms with Crippen LogP contribution in [0.3, 0.4) is 0 Å². The van der Waals surface area contributed by atoms with E-state index in [1.807, 2.05) is 34.6 Å². The zero-order chi connectivity index (χ0) is 22.9. The number of carbonyl (C=O) groups excluding carboxylic acids is 1. The van der Waals surface area contributed by atoms with E-state index in [9.17, 15) is 4.79 Å². The Morgan fingerprint density at radius 3 is 1.97 bits per heavy atom. The first-order chi connectivity index (χ1) is 14.7. The van der Waals surface area contributed by atoms with Crippen LogP contribution in [0.2, 0.25) is 0 Å². The molecule has 0 aromatic heterocycles. The maximum atomic E-state index is 12.8. The summed E-state index contributed by atoms with van der Waals surface area (Å²) in [4.78, 5) is 14.5. The highest BCUT2D eigenvalue weighted by molar-refractivity contribution is 5.70. The minimum Gasteiger partial charge on any atom is -0.444 e. The van der Waals surface area contributed by atoms with E-state index in [-0.39, 0.29) is 24.3 Å². The molecule has 0 bridgehead atoms. The fraction of sp³-hybridized carbons (Fsp3) is 0.962.